The molecule has 0 saturated heterocycles. The molecule has 0 spiro atoms. The zero-order chi connectivity index (χ0) is 22.3. The molecule has 0 aliphatic heterocycles. The molecule has 0 unspecified atom stereocenters. The minimum Gasteiger partial charge on any atom is -0.392 e. The van der Waals surface area contributed by atoms with E-state index < -0.39 is 6.10 Å². The molecule has 5 nitrogen and oxygen atoms in total. The van der Waals surface area contributed by atoms with E-state index in [-0.39, 0.29) is 30.1 Å². The SMILES string of the molecule is CCCCC[C@H](O)/C=C/[C@@H]1[C@H]2CC(=CCOCC(=O)N(C)C(C)(C)C)C[C@H]2C[C@H]1O. The van der Waals surface area contributed by atoms with E-state index in [2.05, 4.69) is 19.1 Å². The van der Waals surface area contributed by atoms with Gasteiger partial charge in [0.1, 0.15) is 6.61 Å². The van der Waals surface area contributed by atoms with Gasteiger partial charge in [-0.15, -0.1) is 0 Å². The minimum absolute atomic E-state index is 0.00462. The van der Waals surface area contributed by atoms with Crippen molar-refractivity contribution < 1.29 is 19.7 Å². The molecule has 2 aliphatic carbocycles. The fourth-order valence-corrected chi connectivity index (χ4v) is 4.69. The molecule has 0 bridgehead atoms. The Labute approximate surface area is 183 Å². The molecule has 30 heavy (non-hydrogen) atoms. The van der Waals surface area contributed by atoms with Crippen molar-refractivity contribution >= 4 is 5.91 Å². The van der Waals surface area contributed by atoms with Crippen LogP contribution in [0.5, 0.6) is 0 Å². The van der Waals surface area contributed by atoms with Gasteiger partial charge in [0.25, 0.3) is 0 Å². The second-order valence-electron chi connectivity index (χ2n) is 10.2. The van der Waals surface area contributed by atoms with Crippen LogP contribution in [0, 0.1) is 17.8 Å². The number of carbonyl (C=O) groups is 1. The maximum Gasteiger partial charge on any atom is 0.248 e. The van der Waals surface area contributed by atoms with Crippen molar-refractivity contribution in [1.82, 2.24) is 4.90 Å². The van der Waals surface area contributed by atoms with Gasteiger partial charge < -0.3 is 19.8 Å². The summed E-state index contributed by atoms with van der Waals surface area (Å²) in [7, 11) is 1.81. The summed E-state index contributed by atoms with van der Waals surface area (Å²) in [5, 5.41) is 20.6. The number of rotatable bonds is 10. The lowest BCUT2D eigenvalue weighted by molar-refractivity contribution is -0.138. The van der Waals surface area contributed by atoms with Gasteiger partial charge in [-0.2, -0.15) is 0 Å². The average molecular weight is 422 g/mol. The molecule has 0 aromatic rings. The van der Waals surface area contributed by atoms with Crippen molar-refractivity contribution in [3.8, 4) is 0 Å². The Morgan fingerprint density at radius 2 is 2.03 bits per heavy atom. The molecule has 2 saturated carbocycles. The number of fused-ring (bicyclic) bond motifs is 1. The Kier molecular flexibility index (Phi) is 9.58. The molecule has 0 aromatic heterocycles. The number of hydrogen-bond donors (Lipinski definition) is 2. The van der Waals surface area contributed by atoms with Crippen LogP contribution in [-0.2, 0) is 9.53 Å². The van der Waals surface area contributed by atoms with Crippen LogP contribution in [0.25, 0.3) is 0 Å². The number of aliphatic hydroxyl groups excluding tert-OH is 2. The number of likely N-dealkylation sites (N-methyl/N-ethyl adjacent to an activating group) is 1. The number of nitrogens with zero attached hydrogens (tertiary/aromatic N) is 1. The summed E-state index contributed by atoms with van der Waals surface area (Å²) in [5.41, 5.74) is 1.17. The molecule has 172 valence electrons. The molecule has 0 radical (unpaired) electrons. The van der Waals surface area contributed by atoms with Crippen molar-refractivity contribution in [2.24, 2.45) is 17.8 Å². The minimum atomic E-state index is -0.406. The summed E-state index contributed by atoms with van der Waals surface area (Å²) in [5.74, 6) is 1.07. The number of carbonyl (C=O) groups excluding carboxylic acids is 1. The van der Waals surface area contributed by atoms with E-state index in [0.29, 0.717) is 18.4 Å². The summed E-state index contributed by atoms with van der Waals surface area (Å²) >= 11 is 0. The van der Waals surface area contributed by atoms with E-state index in [1.54, 1.807) is 4.90 Å². The van der Waals surface area contributed by atoms with E-state index >= 15 is 0 Å². The van der Waals surface area contributed by atoms with Gasteiger partial charge in [-0.3, -0.25) is 4.79 Å². The molecular weight excluding hydrogens is 378 g/mol. The third-order valence-corrected chi connectivity index (χ3v) is 6.87. The largest absolute Gasteiger partial charge is 0.392 e. The normalized spacial score (nSPS) is 29.0. The van der Waals surface area contributed by atoms with Gasteiger partial charge in [-0.25, -0.2) is 0 Å². The van der Waals surface area contributed by atoms with Gasteiger partial charge >= 0.3 is 0 Å². The van der Waals surface area contributed by atoms with Crippen LogP contribution in [0.1, 0.15) is 72.6 Å². The van der Waals surface area contributed by atoms with Gasteiger partial charge in [0.2, 0.25) is 5.91 Å². The van der Waals surface area contributed by atoms with Crippen LogP contribution in [0.4, 0.5) is 0 Å². The maximum atomic E-state index is 12.2. The summed E-state index contributed by atoms with van der Waals surface area (Å²) in [6.45, 7) is 8.74. The smallest absolute Gasteiger partial charge is 0.248 e. The van der Waals surface area contributed by atoms with Crippen LogP contribution < -0.4 is 0 Å². The Balaban J connectivity index is 1.79. The van der Waals surface area contributed by atoms with Crippen LogP contribution in [0.3, 0.4) is 0 Å². The molecule has 5 heteroatoms. The standard InChI is InChI=1S/C25H43NO4/c1-6-7-8-9-20(27)10-11-21-22-15-18(14-19(22)16-23(21)28)12-13-30-17-24(29)26(5)25(2,3)4/h10-12,19-23,27-28H,6-9,13-17H2,1-5H3/b11-10+,18-12?/t19-,20-,21+,22-,23+/m0/s1. The molecule has 2 rings (SSSR count). The number of ether oxygens (including phenoxy) is 1. The molecule has 2 fully saturated rings. The van der Waals surface area contributed by atoms with Crippen molar-refractivity contribution in [1.29, 1.82) is 0 Å². The zero-order valence-electron chi connectivity index (χ0n) is 19.6. The molecule has 5 atom stereocenters. The summed E-state index contributed by atoms with van der Waals surface area (Å²) in [6.07, 6.45) is 12.3. The first-order valence-electron chi connectivity index (χ1n) is 11.7. The third kappa shape index (κ3) is 7.21. The second-order valence-corrected chi connectivity index (χ2v) is 10.2. The first-order chi connectivity index (χ1) is 14.1. The van der Waals surface area contributed by atoms with Crippen molar-refractivity contribution in [3.63, 3.8) is 0 Å². The van der Waals surface area contributed by atoms with Crippen LogP contribution >= 0.6 is 0 Å². The van der Waals surface area contributed by atoms with E-state index in [0.717, 1.165) is 44.9 Å². The lowest BCUT2D eigenvalue weighted by atomic mass is 9.90. The van der Waals surface area contributed by atoms with Gasteiger partial charge in [0.15, 0.2) is 0 Å². The monoisotopic (exact) mass is 421 g/mol. The van der Waals surface area contributed by atoms with E-state index in [1.165, 1.54) is 5.57 Å². The first-order valence-corrected chi connectivity index (χ1v) is 11.7. The average Bonchev–Trinajstić information content (AvgIpc) is 3.18. The molecule has 1 amide bonds. The second kappa shape index (κ2) is 11.4. The predicted molar refractivity (Wildman–Crippen MR) is 121 cm³/mol. The number of aliphatic hydroxyl groups is 2. The molecule has 0 aromatic carbocycles. The lowest BCUT2D eigenvalue weighted by Crippen LogP contribution is -2.44. The summed E-state index contributed by atoms with van der Waals surface area (Å²) < 4.78 is 5.61. The fraction of sp³-hybridized carbons (Fsp3) is 0.800. The highest BCUT2D eigenvalue weighted by Gasteiger charge is 2.44. The van der Waals surface area contributed by atoms with Crippen molar-refractivity contribution in [2.75, 3.05) is 20.3 Å². The van der Waals surface area contributed by atoms with Crippen LogP contribution in [0.15, 0.2) is 23.8 Å². The quantitative estimate of drug-likeness (QED) is 0.412. The number of allylic oxidation sites excluding steroid dienone is 1. The highest BCUT2D eigenvalue weighted by Crippen LogP contribution is 2.50. The predicted octanol–water partition coefficient (Wildman–Crippen LogP) is 4.09. The Bertz CT molecular complexity index is 607. The third-order valence-electron chi connectivity index (χ3n) is 6.87. The van der Waals surface area contributed by atoms with Gasteiger partial charge in [-0.1, -0.05) is 50.0 Å². The zero-order valence-corrected chi connectivity index (χ0v) is 19.6. The van der Waals surface area contributed by atoms with E-state index in [1.807, 2.05) is 33.9 Å². The summed E-state index contributed by atoms with van der Waals surface area (Å²) in [6, 6.07) is 0. The van der Waals surface area contributed by atoms with Gasteiger partial charge in [0.05, 0.1) is 18.8 Å². The number of hydrogen-bond acceptors (Lipinski definition) is 4. The Morgan fingerprint density at radius 3 is 2.70 bits per heavy atom. The van der Waals surface area contributed by atoms with Crippen LogP contribution in [-0.4, -0.2) is 59.0 Å². The van der Waals surface area contributed by atoms with Crippen molar-refractivity contribution in [3.05, 3.63) is 23.8 Å². The highest BCUT2D eigenvalue weighted by molar-refractivity contribution is 5.77. The molecule has 0 heterocycles. The number of unbranched alkanes of at least 4 members (excludes halogenated alkanes) is 2. The van der Waals surface area contributed by atoms with Gasteiger partial charge in [0, 0.05) is 18.5 Å². The van der Waals surface area contributed by atoms with E-state index in [4.69, 9.17) is 4.74 Å². The highest BCUT2D eigenvalue weighted by atomic mass is 16.5. The Hall–Kier alpha value is -1.17. The summed E-state index contributed by atoms with van der Waals surface area (Å²) in [4.78, 5) is 13.9. The lowest BCUT2D eigenvalue weighted by Gasteiger charge is -2.31. The van der Waals surface area contributed by atoms with E-state index in [9.17, 15) is 15.0 Å². The fourth-order valence-electron chi connectivity index (χ4n) is 4.69. The molecular formula is C25H43NO4. The van der Waals surface area contributed by atoms with Crippen molar-refractivity contribution in [2.45, 2.75) is 90.4 Å². The first kappa shape index (κ1) is 25.1. The molecule has 2 N–H and O–H groups in total. The van der Waals surface area contributed by atoms with Gasteiger partial charge in [-0.05, 0) is 58.3 Å². The Morgan fingerprint density at radius 1 is 1.30 bits per heavy atom. The molecule has 2 aliphatic rings. The number of amides is 1. The maximum absolute atomic E-state index is 12.2. The van der Waals surface area contributed by atoms with Crippen LogP contribution in [0.2, 0.25) is 0 Å². The topological polar surface area (TPSA) is 70.0 Å².